The lowest BCUT2D eigenvalue weighted by Gasteiger charge is -2.13. The van der Waals surface area contributed by atoms with Crippen LogP contribution in [0.4, 0.5) is 0 Å². The topological polar surface area (TPSA) is 70.3 Å². The Labute approximate surface area is 160 Å². The van der Waals surface area contributed by atoms with E-state index in [-0.39, 0.29) is 24.4 Å². The number of hydrogen-bond donors (Lipinski definition) is 0. The molecular formula is C20H19ClN2O4. The van der Waals surface area contributed by atoms with Gasteiger partial charge in [-0.05, 0) is 44.2 Å². The molecule has 0 saturated heterocycles. The van der Waals surface area contributed by atoms with Crippen LogP contribution >= 0.6 is 11.6 Å². The van der Waals surface area contributed by atoms with Gasteiger partial charge in [-0.15, -0.1) is 0 Å². The summed E-state index contributed by atoms with van der Waals surface area (Å²) in [5.41, 5.74) is -0.0613. The molecular weight excluding hydrogens is 368 g/mol. The monoisotopic (exact) mass is 386 g/mol. The molecule has 1 aromatic heterocycles. The largest absolute Gasteiger partial charge is 0.492 e. The zero-order valence-electron chi connectivity index (χ0n) is 15.1. The van der Waals surface area contributed by atoms with Crippen LogP contribution < -0.4 is 16.0 Å². The molecule has 2 aromatic carbocycles. The number of carbonyl (C=O) groups excluding carboxylic acids is 1. The molecule has 0 bridgehead atoms. The van der Waals surface area contributed by atoms with Gasteiger partial charge in [0.25, 0.3) is 5.56 Å². The van der Waals surface area contributed by atoms with E-state index < -0.39 is 5.69 Å². The molecule has 1 heterocycles. The highest BCUT2D eigenvalue weighted by atomic mass is 35.5. The number of carbonyl (C=O) groups is 1. The number of fused-ring (bicyclic) bond motifs is 1. The van der Waals surface area contributed by atoms with Crippen molar-refractivity contribution in [2.75, 3.05) is 6.61 Å². The normalized spacial score (nSPS) is 10.9. The van der Waals surface area contributed by atoms with Gasteiger partial charge in [0.2, 0.25) is 0 Å². The Morgan fingerprint density at radius 2 is 1.81 bits per heavy atom. The first-order valence-electron chi connectivity index (χ1n) is 8.65. The first-order valence-corrected chi connectivity index (χ1v) is 9.03. The smallest absolute Gasteiger partial charge is 0.331 e. The molecule has 27 heavy (non-hydrogen) atoms. The first-order chi connectivity index (χ1) is 13.0. The molecule has 0 N–H and O–H groups in total. The Morgan fingerprint density at radius 3 is 2.48 bits per heavy atom. The van der Waals surface area contributed by atoms with E-state index in [1.165, 1.54) is 10.6 Å². The molecule has 0 atom stereocenters. The molecule has 0 amide bonds. The summed E-state index contributed by atoms with van der Waals surface area (Å²) in [6.07, 6.45) is 0. The molecule has 0 spiro atoms. The lowest BCUT2D eigenvalue weighted by molar-refractivity contribution is 0.0971. The maximum absolute atomic E-state index is 12.8. The van der Waals surface area contributed by atoms with E-state index in [9.17, 15) is 14.4 Å². The summed E-state index contributed by atoms with van der Waals surface area (Å²) in [5, 5.41) is 0.731. The zero-order chi connectivity index (χ0) is 19.6. The van der Waals surface area contributed by atoms with Gasteiger partial charge in [0.15, 0.2) is 5.78 Å². The number of nitrogens with zero attached hydrogens (tertiary/aromatic N) is 2. The molecule has 140 valence electrons. The number of halogens is 1. The molecule has 0 radical (unpaired) electrons. The number of aromatic nitrogens is 2. The molecule has 3 aromatic rings. The quantitative estimate of drug-likeness (QED) is 0.610. The molecule has 0 aliphatic carbocycles. The zero-order valence-corrected chi connectivity index (χ0v) is 15.8. The van der Waals surface area contributed by atoms with E-state index >= 15 is 0 Å². The van der Waals surface area contributed by atoms with E-state index in [1.807, 2.05) is 6.92 Å². The summed E-state index contributed by atoms with van der Waals surface area (Å²) in [4.78, 5) is 38.0. The minimum atomic E-state index is -0.508. The highest BCUT2D eigenvalue weighted by molar-refractivity contribution is 6.32. The molecule has 7 heteroatoms. The number of para-hydroxylation sites is 1. The lowest BCUT2D eigenvalue weighted by atomic mass is 10.1. The number of rotatable bonds is 6. The van der Waals surface area contributed by atoms with Crippen LogP contribution in [0, 0.1) is 0 Å². The van der Waals surface area contributed by atoms with Crippen molar-refractivity contribution in [2.24, 2.45) is 0 Å². The average molecular weight is 387 g/mol. The van der Waals surface area contributed by atoms with Crippen LogP contribution in [0.5, 0.6) is 5.75 Å². The number of ketones is 1. The van der Waals surface area contributed by atoms with Crippen molar-refractivity contribution in [1.82, 2.24) is 9.13 Å². The molecule has 3 rings (SSSR count). The summed E-state index contributed by atoms with van der Waals surface area (Å²) < 4.78 is 7.83. The van der Waals surface area contributed by atoms with Crippen molar-refractivity contribution in [2.45, 2.75) is 26.9 Å². The van der Waals surface area contributed by atoms with Crippen molar-refractivity contribution in [1.29, 1.82) is 0 Å². The molecule has 0 aliphatic heterocycles. The standard InChI is InChI=1S/C20H19ClN2O4/c1-3-22-19(25)14-7-5-6-8-16(14)23(20(22)26)12-17(24)13-9-10-18(27-4-2)15(21)11-13/h5-11H,3-4,12H2,1-2H3. The van der Waals surface area contributed by atoms with E-state index in [0.717, 1.165) is 4.57 Å². The molecule has 6 nitrogen and oxygen atoms in total. The van der Waals surface area contributed by atoms with Gasteiger partial charge < -0.3 is 4.74 Å². The van der Waals surface area contributed by atoms with E-state index in [0.29, 0.717) is 33.8 Å². The van der Waals surface area contributed by atoms with Crippen LogP contribution in [0.2, 0.25) is 5.02 Å². The number of ether oxygens (including phenoxy) is 1. The van der Waals surface area contributed by atoms with E-state index in [2.05, 4.69) is 0 Å². The second-order valence-corrected chi connectivity index (χ2v) is 6.34. The summed E-state index contributed by atoms with van der Waals surface area (Å²) >= 11 is 6.16. The van der Waals surface area contributed by atoms with Crippen LogP contribution in [0.25, 0.3) is 10.9 Å². The minimum absolute atomic E-state index is 0.191. The third-order valence-electron chi connectivity index (χ3n) is 4.30. The van der Waals surface area contributed by atoms with Crippen LogP contribution in [0.15, 0.2) is 52.1 Å². The van der Waals surface area contributed by atoms with Crippen molar-refractivity contribution in [3.05, 3.63) is 73.9 Å². The lowest BCUT2D eigenvalue weighted by Crippen LogP contribution is -2.40. The maximum Gasteiger partial charge on any atom is 0.331 e. The van der Waals surface area contributed by atoms with E-state index in [4.69, 9.17) is 16.3 Å². The summed E-state index contributed by atoms with van der Waals surface area (Å²) in [5.74, 6) is 0.214. The predicted molar refractivity (Wildman–Crippen MR) is 105 cm³/mol. The Kier molecular flexibility index (Phi) is 5.46. The SMILES string of the molecule is CCOc1ccc(C(=O)Cn2c(=O)n(CC)c(=O)c3ccccc32)cc1Cl. The minimum Gasteiger partial charge on any atom is -0.492 e. The number of hydrogen-bond acceptors (Lipinski definition) is 4. The Bertz CT molecular complexity index is 1130. The van der Waals surface area contributed by atoms with Crippen LogP contribution in [-0.2, 0) is 13.1 Å². The van der Waals surface area contributed by atoms with Crippen LogP contribution in [-0.4, -0.2) is 21.5 Å². The second kappa shape index (κ2) is 7.80. The second-order valence-electron chi connectivity index (χ2n) is 5.94. The molecule has 0 saturated carbocycles. The number of Topliss-reactive ketones (excluding diaryl/α,β-unsaturated/α-hetero) is 1. The van der Waals surface area contributed by atoms with Crippen molar-refractivity contribution < 1.29 is 9.53 Å². The van der Waals surface area contributed by atoms with Gasteiger partial charge in [0.05, 0.1) is 29.1 Å². The maximum atomic E-state index is 12.8. The van der Waals surface area contributed by atoms with Gasteiger partial charge in [-0.25, -0.2) is 4.79 Å². The van der Waals surface area contributed by atoms with Gasteiger partial charge in [0, 0.05) is 12.1 Å². The molecule has 0 unspecified atom stereocenters. The van der Waals surface area contributed by atoms with Crippen molar-refractivity contribution in [3.8, 4) is 5.75 Å². The predicted octanol–water partition coefficient (Wildman–Crippen LogP) is 3.12. The Morgan fingerprint density at radius 1 is 1.07 bits per heavy atom. The average Bonchev–Trinajstić information content (AvgIpc) is 2.67. The van der Waals surface area contributed by atoms with Gasteiger partial charge in [0.1, 0.15) is 5.75 Å². The van der Waals surface area contributed by atoms with E-state index in [1.54, 1.807) is 43.3 Å². The molecule has 0 aliphatic rings. The third kappa shape index (κ3) is 3.53. The summed E-state index contributed by atoms with van der Waals surface area (Å²) in [7, 11) is 0. The molecule has 0 fully saturated rings. The van der Waals surface area contributed by atoms with Gasteiger partial charge in [-0.2, -0.15) is 0 Å². The summed E-state index contributed by atoms with van der Waals surface area (Å²) in [6.45, 7) is 4.06. The van der Waals surface area contributed by atoms with Gasteiger partial charge >= 0.3 is 5.69 Å². The van der Waals surface area contributed by atoms with Crippen molar-refractivity contribution in [3.63, 3.8) is 0 Å². The van der Waals surface area contributed by atoms with Crippen LogP contribution in [0.1, 0.15) is 24.2 Å². The fourth-order valence-corrected chi connectivity index (χ4v) is 3.22. The fraction of sp³-hybridized carbons (Fsp3) is 0.250. The van der Waals surface area contributed by atoms with Crippen LogP contribution in [0.3, 0.4) is 0 Å². The van der Waals surface area contributed by atoms with Gasteiger partial charge in [-0.1, -0.05) is 23.7 Å². The number of benzene rings is 2. The Hall–Kier alpha value is -2.86. The van der Waals surface area contributed by atoms with Gasteiger partial charge in [-0.3, -0.25) is 18.7 Å². The Balaban J connectivity index is 2.07. The van der Waals surface area contributed by atoms with Crippen molar-refractivity contribution >= 4 is 28.3 Å². The fourth-order valence-electron chi connectivity index (χ4n) is 2.98. The highest BCUT2D eigenvalue weighted by Crippen LogP contribution is 2.25. The third-order valence-corrected chi connectivity index (χ3v) is 4.60. The highest BCUT2D eigenvalue weighted by Gasteiger charge is 2.16. The summed E-state index contributed by atoms with van der Waals surface area (Å²) in [6, 6.07) is 11.5. The first kappa shape index (κ1) is 18.9.